The molecular formula is C25H28F3N5O2S. The number of hydrogen-bond donors (Lipinski definition) is 1. The van der Waals surface area contributed by atoms with E-state index in [1.165, 1.54) is 29.4 Å². The van der Waals surface area contributed by atoms with Crippen molar-refractivity contribution in [2.24, 2.45) is 0 Å². The normalized spacial score (nSPS) is 15.4. The van der Waals surface area contributed by atoms with E-state index in [4.69, 9.17) is 0 Å². The number of alkyl halides is 3. The Kier molecular flexibility index (Phi) is 7.77. The van der Waals surface area contributed by atoms with Gasteiger partial charge in [-0.15, -0.1) is 11.3 Å². The van der Waals surface area contributed by atoms with Gasteiger partial charge in [-0.3, -0.25) is 14.3 Å². The quantitative estimate of drug-likeness (QED) is 0.443. The van der Waals surface area contributed by atoms with Crippen LogP contribution in [0.3, 0.4) is 0 Å². The molecule has 3 aromatic rings. The van der Waals surface area contributed by atoms with Crippen LogP contribution in [0.2, 0.25) is 0 Å². The van der Waals surface area contributed by atoms with Crippen molar-refractivity contribution in [3.63, 3.8) is 0 Å². The highest BCUT2D eigenvalue weighted by molar-refractivity contribution is 7.09. The number of aryl methyl sites for hydroxylation is 3. The molecule has 36 heavy (non-hydrogen) atoms. The van der Waals surface area contributed by atoms with Gasteiger partial charge >= 0.3 is 6.18 Å². The maximum absolute atomic E-state index is 13.1. The molecule has 4 rings (SSSR count). The van der Waals surface area contributed by atoms with E-state index in [0.717, 1.165) is 35.0 Å². The Morgan fingerprint density at radius 1 is 1.28 bits per heavy atom. The summed E-state index contributed by atoms with van der Waals surface area (Å²) in [6.45, 7) is 1.53. The van der Waals surface area contributed by atoms with E-state index in [2.05, 4.69) is 27.5 Å². The minimum atomic E-state index is -4.55. The maximum atomic E-state index is 13.1. The molecule has 1 N–H and O–H groups in total. The molecule has 0 aliphatic heterocycles. The van der Waals surface area contributed by atoms with Gasteiger partial charge in [0, 0.05) is 31.1 Å². The third-order valence-electron chi connectivity index (χ3n) is 6.35. The predicted octanol–water partition coefficient (Wildman–Crippen LogP) is 4.57. The molecule has 1 unspecified atom stereocenters. The summed E-state index contributed by atoms with van der Waals surface area (Å²) < 4.78 is 39.4. The first-order valence-corrected chi connectivity index (χ1v) is 12.7. The fourth-order valence-electron chi connectivity index (χ4n) is 4.44. The Morgan fingerprint density at radius 3 is 2.81 bits per heavy atom. The van der Waals surface area contributed by atoms with E-state index in [9.17, 15) is 22.8 Å². The lowest BCUT2D eigenvalue weighted by Gasteiger charge is -2.33. The van der Waals surface area contributed by atoms with Gasteiger partial charge in [-0.2, -0.15) is 18.3 Å². The number of aromatic nitrogens is 3. The van der Waals surface area contributed by atoms with Crippen LogP contribution in [0.5, 0.6) is 0 Å². The highest BCUT2D eigenvalue weighted by atomic mass is 32.1. The van der Waals surface area contributed by atoms with E-state index in [1.807, 2.05) is 19.2 Å². The first-order chi connectivity index (χ1) is 17.1. The molecule has 1 aromatic carbocycles. The monoisotopic (exact) mass is 519 g/mol. The molecule has 0 radical (unpaired) electrons. The summed E-state index contributed by atoms with van der Waals surface area (Å²) >= 11 is 1.40. The summed E-state index contributed by atoms with van der Waals surface area (Å²) in [7, 11) is 1.82. The lowest BCUT2D eigenvalue weighted by Crippen LogP contribution is -2.33. The number of carbonyl (C=O) groups is 2. The molecule has 2 amide bonds. The number of thiazole rings is 1. The van der Waals surface area contributed by atoms with Crippen LogP contribution in [0.15, 0.2) is 35.7 Å². The number of carbonyl (C=O) groups excluding carboxylic acids is 2. The highest BCUT2D eigenvalue weighted by Crippen LogP contribution is 2.34. The van der Waals surface area contributed by atoms with Gasteiger partial charge in [0.2, 0.25) is 5.91 Å². The van der Waals surface area contributed by atoms with Crippen LogP contribution in [0, 0.1) is 6.92 Å². The number of rotatable bonds is 8. The zero-order valence-corrected chi connectivity index (χ0v) is 21.0. The number of amides is 2. The van der Waals surface area contributed by atoms with Crippen LogP contribution in [-0.4, -0.2) is 45.1 Å². The first-order valence-electron chi connectivity index (χ1n) is 11.8. The second kappa shape index (κ2) is 10.8. The Morgan fingerprint density at radius 2 is 2.06 bits per heavy atom. The predicted molar refractivity (Wildman–Crippen MR) is 130 cm³/mol. The number of nitrogens with one attached hydrogen (secondary N) is 1. The molecule has 0 saturated heterocycles. The fourth-order valence-corrected chi connectivity index (χ4v) is 5.26. The van der Waals surface area contributed by atoms with Gasteiger partial charge in [0.05, 0.1) is 11.0 Å². The summed E-state index contributed by atoms with van der Waals surface area (Å²) in [6, 6.07) is 9.20. The van der Waals surface area contributed by atoms with E-state index in [-0.39, 0.29) is 24.2 Å². The van der Waals surface area contributed by atoms with Crippen molar-refractivity contribution in [3.05, 3.63) is 68.9 Å². The average molecular weight is 520 g/mol. The Labute approximate surface area is 211 Å². The molecule has 0 saturated carbocycles. The SMILES string of the molecule is Cc1cc(C(F)(F)F)nn1CC(=O)NCCCc1nc(C(=O)N(C)C2CCCc3ccccc32)cs1. The van der Waals surface area contributed by atoms with Crippen molar-refractivity contribution in [1.82, 2.24) is 25.0 Å². The summed E-state index contributed by atoms with van der Waals surface area (Å²) in [4.78, 5) is 31.5. The molecule has 1 aliphatic rings. The third kappa shape index (κ3) is 5.95. The zero-order chi connectivity index (χ0) is 25.9. The minimum absolute atomic E-state index is 0.0356. The van der Waals surface area contributed by atoms with Crippen LogP contribution < -0.4 is 5.32 Å². The number of halogens is 3. The van der Waals surface area contributed by atoms with Gasteiger partial charge in [-0.05, 0) is 49.8 Å². The van der Waals surface area contributed by atoms with Crippen molar-refractivity contribution in [2.75, 3.05) is 13.6 Å². The van der Waals surface area contributed by atoms with Crippen LogP contribution in [0.1, 0.15) is 63.3 Å². The van der Waals surface area contributed by atoms with Gasteiger partial charge in [-0.1, -0.05) is 24.3 Å². The molecule has 192 valence electrons. The van der Waals surface area contributed by atoms with Gasteiger partial charge in [-0.25, -0.2) is 4.98 Å². The average Bonchev–Trinajstić information content (AvgIpc) is 3.47. The lowest BCUT2D eigenvalue weighted by molar-refractivity contribution is -0.141. The molecule has 1 atom stereocenters. The van der Waals surface area contributed by atoms with Crippen molar-refractivity contribution < 1.29 is 22.8 Å². The second-order valence-electron chi connectivity index (χ2n) is 8.93. The molecule has 0 spiro atoms. The van der Waals surface area contributed by atoms with Gasteiger partial charge < -0.3 is 10.2 Å². The second-order valence-corrected chi connectivity index (χ2v) is 9.87. The van der Waals surface area contributed by atoms with Crippen molar-refractivity contribution in [2.45, 2.75) is 57.8 Å². The van der Waals surface area contributed by atoms with Crippen LogP contribution in [0.4, 0.5) is 13.2 Å². The van der Waals surface area contributed by atoms with Crippen LogP contribution >= 0.6 is 11.3 Å². The van der Waals surface area contributed by atoms with E-state index in [1.54, 1.807) is 10.3 Å². The Balaban J connectivity index is 1.25. The summed E-state index contributed by atoms with van der Waals surface area (Å²) in [5.74, 6) is -0.528. The molecule has 0 fully saturated rings. The molecule has 2 heterocycles. The number of fused-ring (bicyclic) bond motifs is 1. The van der Waals surface area contributed by atoms with E-state index in [0.29, 0.717) is 25.1 Å². The smallest absolute Gasteiger partial charge is 0.354 e. The standard InChI is InChI=1S/C25H28F3N5O2S/c1-16-13-21(25(26,27)28)31-33(16)14-22(34)29-12-6-11-23-30-19(15-36-23)24(35)32(2)20-10-5-8-17-7-3-4-9-18(17)20/h3-4,7,9,13,15,20H,5-6,8,10-12,14H2,1-2H3,(H,29,34). The van der Waals surface area contributed by atoms with Gasteiger partial charge in [0.25, 0.3) is 5.91 Å². The van der Waals surface area contributed by atoms with Crippen LogP contribution in [0.25, 0.3) is 0 Å². The van der Waals surface area contributed by atoms with Crippen molar-refractivity contribution >= 4 is 23.2 Å². The molecule has 1 aliphatic carbocycles. The fraction of sp³-hybridized carbons (Fsp3) is 0.440. The van der Waals surface area contributed by atoms with E-state index >= 15 is 0 Å². The lowest BCUT2D eigenvalue weighted by atomic mass is 9.87. The molecule has 0 bridgehead atoms. The molecule has 11 heteroatoms. The van der Waals surface area contributed by atoms with Gasteiger partial charge in [0.1, 0.15) is 12.2 Å². The highest BCUT2D eigenvalue weighted by Gasteiger charge is 2.34. The summed E-state index contributed by atoms with van der Waals surface area (Å²) in [5.41, 5.74) is 2.15. The summed E-state index contributed by atoms with van der Waals surface area (Å²) in [5, 5.41) is 8.72. The van der Waals surface area contributed by atoms with Crippen molar-refractivity contribution in [1.29, 1.82) is 0 Å². The molecule has 7 nitrogen and oxygen atoms in total. The maximum Gasteiger partial charge on any atom is 0.435 e. The Hall–Kier alpha value is -3.21. The number of nitrogens with zero attached hydrogens (tertiary/aromatic N) is 4. The first kappa shape index (κ1) is 25.9. The largest absolute Gasteiger partial charge is 0.435 e. The summed E-state index contributed by atoms with van der Waals surface area (Å²) in [6.07, 6.45) is -0.390. The number of benzene rings is 1. The number of hydrogen-bond acceptors (Lipinski definition) is 5. The van der Waals surface area contributed by atoms with Gasteiger partial charge in [0.15, 0.2) is 5.69 Å². The molecular weight excluding hydrogens is 491 g/mol. The van der Waals surface area contributed by atoms with E-state index < -0.39 is 17.8 Å². The topological polar surface area (TPSA) is 80.1 Å². The third-order valence-corrected chi connectivity index (χ3v) is 7.26. The Bertz CT molecular complexity index is 1240. The van der Waals surface area contributed by atoms with Crippen molar-refractivity contribution in [3.8, 4) is 0 Å². The molecule has 2 aromatic heterocycles. The minimum Gasteiger partial charge on any atom is -0.354 e. The zero-order valence-electron chi connectivity index (χ0n) is 20.1. The van der Waals surface area contributed by atoms with Crippen LogP contribution in [-0.2, 0) is 30.4 Å².